The minimum atomic E-state index is -0.0163. The number of nitrogens with zero attached hydrogens (tertiary/aromatic N) is 4. The third kappa shape index (κ3) is 2.45. The fourth-order valence-corrected chi connectivity index (χ4v) is 2.79. The Morgan fingerprint density at radius 1 is 1.47 bits per heavy atom. The molecule has 1 saturated carbocycles. The first-order valence-corrected chi connectivity index (χ1v) is 6.79. The van der Waals surface area contributed by atoms with Gasteiger partial charge in [-0.25, -0.2) is 9.97 Å². The number of aromatic nitrogens is 3. The summed E-state index contributed by atoms with van der Waals surface area (Å²) in [6.07, 6.45) is 10.3. The van der Waals surface area contributed by atoms with Crippen molar-refractivity contribution in [2.45, 2.75) is 25.7 Å². The van der Waals surface area contributed by atoms with Crippen LogP contribution in [0, 0.1) is 5.92 Å². The zero-order valence-corrected chi connectivity index (χ0v) is 11.1. The minimum Gasteiger partial charge on any atom is -0.340 e. The summed E-state index contributed by atoms with van der Waals surface area (Å²) in [5, 5.41) is 0. The molecule has 2 aromatic rings. The first kappa shape index (κ1) is 12.1. The molecule has 0 spiro atoms. The van der Waals surface area contributed by atoms with Crippen molar-refractivity contribution in [3.8, 4) is 0 Å². The Hall–Kier alpha value is -1.91. The van der Waals surface area contributed by atoms with Gasteiger partial charge in [-0.15, -0.1) is 0 Å². The molecule has 100 valence electrons. The van der Waals surface area contributed by atoms with Crippen LogP contribution < -0.4 is 0 Å². The predicted molar refractivity (Wildman–Crippen MR) is 71.9 cm³/mol. The molecule has 0 bridgehead atoms. The lowest BCUT2D eigenvalue weighted by Gasteiger charge is -2.19. The van der Waals surface area contributed by atoms with Gasteiger partial charge in [-0.05, 0) is 24.8 Å². The second-order valence-corrected chi connectivity index (χ2v) is 5.29. The normalized spacial score (nSPS) is 16.1. The number of hydrogen-bond donors (Lipinski definition) is 0. The van der Waals surface area contributed by atoms with Crippen LogP contribution in [0.25, 0.3) is 5.78 Å². The molecule has 1 fully saturated rings. The molecule has 1 aliphatic carbocycles. The van der Waals surface area contributed by atoms with E-state index in [0.717, 1.165) is 6.54 Å². The van der Waals surface area contributed by atoms with Gasteiger partial charge in [0.1, 0.15) is 5.69 Å². The lowest BCUT2D eigenvalue weighted by molar-refractivity contribution is 0.0768. The van der Waals surface area contributed by atoms with Gasteiger partial charge in [-0.3, -0.25) is 9.20 Å². The van der Waals surface area contributed by atoms with E-state index >= 15 is 0 Å². The van der Waals surface area contributed by atoms with Crippen LogP contribution in [0.2, 0.25) is 0 Å². The molecule has 2 aromatic heterocycles. The Kier molecular flexibility index (Phi) is 3.19. The van der Waals surface area contributed by atoms with Crippen molar-refractivity contribution in [1.29, 1.82) is 0 Å². The number of rotatable bonds is 3. The Morgan fingerprint density at radius 3 is 3.00 bits per heavy atom. The number of fused-ring (bicyclic) bond motifs is 1. The van der Waals surface area contributed by atoms with Crippen LogP contribution in [0.3, 0.4) is 0 Å². The summed E-state index contributed by atoms with van der Waals surface area (Å²) in [7, 11) is 1.86. The Bertz CT molecular complexity index is 553. The summed E-state index contributed by atoms with van der Waals surface area (Å²) in [6, 6.07) is 1.82. The summed E-state index contributed by atoms with van der Waals surface area (Å²) in [5.41, 5.74) is 0.471. The highest BCUT2D eigenvalue weighted by molar-refractivity contribution is 5.92. The second-order valence-electron chi connectivity index (χ2n) is 5.29. The first-order chi connectivity index (χ1) is 9.24. The summed E-state index contributed by atoms with van der Waals surface area (Å²) >= 11 is 0. The maximum absolute atomic E-state index is 12.3. The molecule has 1 aliphatic rings. The summed E-state index contributed by atoms with van der Waals surface area (Å²) in [6.45, 7) is 0.833. The summed E-state index contributed by atoms with van der Waals surface area (Å²) in [4.78, 5) is 22.5. The van der Waals surface area contributed by atoms with Crippen molar-refractivity contribution in [3.05, 3.63) is 30.4 Å². The molecule has 3 rings (SSSR count). The molecular weight excluding hydrogens is 240 g/mol. The molecule has 1 amide bonds. The maximum atomic E-state index is 12.3. The van der Waals surface area contributed by atoms with E-state index in [9.17, 15) is 4.79 Å². The largest absolute Gasteiger partial charge is 0.340 e. The van der Waals surface area contributed by atoms with E-state index < -0.39 is 0 Å². The zero-order chi connectivity index (χ0) is 13.2. The van der Waals surface area contributed by atoms with Crippen LogP contribution in [-0.4, -0.2) is 38.8 Å². The van der Waals surface area contributed by atoms with Crippen LogP contribution in [-0.2, 0) is 0 Å². The van der Waals surface area contributed by atoms with E-state index in [4.69, 9.17) is 0 Å². The van der Waals surface area contributed by atoms with Crippen molar-refractivity contribution >= 4 is 11.7 Å². The first-order valence-electron chi connectivity index (χ1n) is 6.79. The van der Waals surface area contributed by atoms with E-state index in [2.05, 4.69) is 9.97 Å². The predicted octanol–water partition coefficient (Wildman–Crippen LogP) is 1.99. The monoisotopic (exact) mass is 258 g/mol. The quantitative estimate of drug-likeness (QED) is 0.846. The topological polar surface area (TPSA) is 50.5 Å². The van der Waals surface area contributed by atoms with Crippen molar-refractivity contribution in [2.75, 3.05) is 13.6 Å². The number of amides is 1. The fourth-order valence-electron chi connectivity index (χ4n) is 2.79. The average molecular weight is 258 g/mol. The van der Waals surface area contributed by atoms with E-state index in [1.165, 1.54) is 25.7 Å². The Balaban J connectivity index is 1.74. The molecule has 0 atom stereocenters. The van der Waals surface area contributed by atoms with Gasteiger partial charge in [0.25, 0.3) is 5.91 Å². The smallest absolute Gasteiger partial charge is 0.273 e. The third-order valence-electron chi connectivity index (χ3n) is 3.81. The number of carbonyl (C=O) groups is 1. The molecule has 19 heavy (non-hydrogen) atoms. The molecule has 0 aromatic carbocycles. The minimum absolute atomic E-state index is 0.0163. The molecule has 5 heteroatoms. The molecule has 0 unspecified atom stereocenters. The highest BCUT2D eigenvalue weighted by atomic mass is 16.2. The highest BCUT2D eigenvalue weighted by Crippen LogP contribution is 2.25. The number of carbonyl (C=O) groups excluding carboxylic acids is 1. The van der Waals surface area contributed by atoms with Gasteiger partial charge in [0.15, 0.2) is 0 Å². The van der Waals surface area contributed by atoms with Crippen molar-refractivity contribution in [3.63, 3.8) is 0 Å². The van der Waals surface area contributed by atoms with Gasteiger partial charge in [-0.1, -0.05) is 12.8 Å². The van der Waals surface area contributed by atoms with Gasteiger partial charge < -0.3 is 4.90 Å². The fraction of sp³-hybridized carbons (Fsp3) is 0.500. The van der Waals surface area contributed by atoms with Gasteiger partial charge in [-0.2, -0.15) is 0 Å². The van der Waals surface area contributed by atoms with Gasteiger partial charge >= 0.3 is 0 Å². The van der Waals surface area contributed by atoms with Crippen LogP contribution >= 0.6 is 0 Å². The van der Waals surface area contributed by atoms with E-state index in [1.54, 1.807) is 21.7 Å². The lowest BCUT2D eigenvalue weighted by Crippen LogP contribution is -2.31. The standard InChI is InChI=1S/C14H18N4O/c1-17(9-11-5-2-3-6-11)13(19)12-10-18-8-4-7-15-14(18)16-12/h4,7-8,10-11H,2-3,5-6,9H2,1H3. The molecule has 0 saturated heterocycles. The molecular formula is C14H18N4O. The van der Waals surface area contributed by atoms with Crippen LogP contribution in [0.15, 0.2) is 24.7 Å². The molecule has 0 aliphatic heterocycles. The Labute approximate surface area is 112 Å². The molecule has 5 nitrogen and oxygen atoms in total. The zero-order valence-electron chi connectivity index (χ0n) is 11.1. The van der Waals surface area contributed by atoms with E-state index in [0.29, 0.717) is 17.4 Å². The van der Waals surface area contributed by atoms with Crippen molar-refractivity contribution in [1.82, 2.24) is 19.3 Å². The van der Waals surface area contributed by atoms with Crippen molar-refractivity contribution in [2.24, 2.45) is 5.92 Å². The van der Waals surface area contributed by atoms with Gasteiger partial charge in [0.05, 0.1) is 0 Å². The average Bonchev–Trinajstić information content (AvgIpc) is 3.05. The number of imidazole rings is 1. The highest BCUT2D eigenvalue weighted by Gasteiger charge is 2.21. The summed E-state index contributed by atoms with van der Waals surface area (Å²) < 4.78 is 1.77. The third-order valence-corrected chi connectivity index (χ3v) is 3.81. The SMILES string of the molecule is CN(CC1CCCC1)C(=O)c1cn2cccnc2n1. The second kappa shape index (κ2) is 4.99. The molecule has 2 heterocycles. The lowest BCUT2D eigenvalue weighted by atomic mass is 10.1. The number of hydrogen-bond acceptors (Lipinski definition) is 3. The van der Waals surface area contributed by atoms with E-state index in [1.807, 2.05) is 19.3 Å². The Morgan fingerprint density at radius 2 is 2.26 bits per heavy atom. The van der Waals surface area contributed by atoms with Crippen molar-refractivity contribution < 1.29 is 4.79 Å². The van der Waals surface area contributed by atoms with Crippen LogP contribution in [0.4, 0.5) is 0 Å². The van der Waals surface area contributed by atoms with Gasteiger partial charge in [0.2, 0.25) is 5.78 Å². The molecule has 0 N–H and O–H groups in total. The van der Waals surface area contributed by atoms with Crippen LogP contribution in [0.1, 0.15) is 36.2 Å². The van der Waals surface area contributed by atoms with E-state index in [-0.39, 0.29) is 5.91 Å². The summed E-state index contributed by atoms with van der Waals surface area (Å²) in [5.74, 6) is 1.21. The van der Waals surface area contributed by atoms with Gasteiger partial charge in [0, 0.05) is 32.2 Å². The van der Waals surface area contributed by atoms with Crippen LogP contribution in [0.5, 0.6) is 0 Å². The molecule has 0 radical (unpaired) electrons. The maximum Gasteiger partial charge on any atom is 0.273 e.